The zero-order valence-corrected chi connectivity index (χ0v) is 12.9. The minimum atomic E-state index is -0.0470. The van der Waals surface area contributed by atoms with E-state index < -0.39 is 0 Å². The highest BCUT2D eigenvalue weighted by molar-refractivity contribution is 5.09. The Balaban J connectivity index is 1.58. The average Bonchev–Trinajstić information content (AvgIpc) is 2.49. The van der Waals surface area contributed by atoms with Gasteiger partial charge in [-0.25, -0.2) is 0 Å². The standard InChI is InChI=1S/C17H31NO2/c1-2-20-16-12-15(17(16)10-4-3-5-11-17)18-13-6-8-14(19)9-7-13/h13-16,18-19H,2-12H2,1H3. The summed E-state index contributed by atoms with van der Waals surface area (Å²) in [6.07, 6.45) is 12.8. The van der Waals surface area contributed by atoms with Gasteiger partial charge in [-0.1, -0.05) is 19.3 Å². The van der Waals surface area contributed by atoms with Crippen molar-refractivity contribution in [2.24, 2.45) is 5.41 Å². The van der Waals surface area contributed by atoms with Gasteiger partial charge in [-0.05, 0) is 51.9 Å². The largest absolute Gasteiger partial charge is 0.393 e. The van der Waals surface area contributed by atoms with Gasteiger partial charge < -0.3 is 15.2 Å². The number of rotatable bonds is 4. The second-order valence-corrected chi connectivity index (χ2v) is 7.20. The quantitative estimate of drug-likeness (QED) is 0.832. The lowest BCUT2D eigenvalue weighted by atomic mass is 9.55. The number of nitrogens with one attached hydrogen (secondary N) is 1. The van der Waals surface area contributed by atoms with Crippen LogP contribution in [0.5, 0.6) is 0 Å². The van der Waals surface area contributed by atoms with Crippen LogP contribution in [0.25, 0.3) is 0 Å². The van der Waals surface area contributed by atoms with E-state index in [1.165, 1.54) is 38.5 Å². The smallest absolute Gasteiger partial charge is 0.0661 e. The predicted molar refractivity (Wildman–Crippen MR) is 80.7 cm³/mol. The van der Waals surface area contributed by atoms with Crippen molar-refractivity contribution >= 4 is 0 Å². The van der Waals surface area contributed by atoms with Crippen LogP contribution in [0.3, 0.4) is 0 Å². The van der Waals surface area contributed by atoms with Crippen molar-refractivity contribution in [3.8, 4) is 0 Å². The summed E-state index contributed by atoms with van der Waals surface area (Å²) >= 11 is 0. The van der Waals surface area contributed by atoms with Gasteiger partial charge >= 0.3 is 0 Å². The molecule has 3 aliphatic rings. The lowest BCUT2D eigenvalue weighted by molar-refractivity contribution is -0.153. The van der Waals surface area contributed by atoms with Gasteiger partial charge in [0.25, 0.3) is 0 Å². The van der Waals surface area contributed by atoms with E-state index in [4.69, 9.17) is 4.74 Å². The minimum Gasteiger partial charge on any atom is -0.393 e. The summed E-state index contributed by atoms with van der Waals surface area (Å²) in [5, 5.41) is 13.6. The number of ether oxygens (including phenoxy) is 1. The number of aliphatic hydroxyl groups is 1. The fourth-order valence-corrected chi connectivity index (χ4v) is 4.82. The lowest BCUT2D eigenvalue weighted by Gasteiger charge is -2.59. The van der Waals surface area contributed by atoms with Gasteiger partial charge in [0, 0.05) is 24.1 Å². The van der Waals surface area contributed by atoms with E-state index >= 15 is 0 Å². The Hall–Kier alpha value is -0.120. The van der Waals surface area contributed by atoms with Gasteiger partial charge in [-0.2, -0.15) is 0 Å². The lowest BCUT2D eigenvalue weighted by Crippen LogP contribution is -2.66. The van der Waals surface area contributed by atoms with E-state index in [9.17, 15) is 5.11 Å². The Morgan fingerprint density at radius 3 is 2.45 bits per heavy atom. The van der Waals surface area contributed by atoms with Crippen LogP contribution in [-0.2, 0) is 4.74 Å². The predicted octanol–water partition coefficient (Wildman–Crippen LogP) is 3.01. The summed E-state index contributed by atoms with van der Waals surface area (Å²) in [6.45, 7) is 2.98. The maximum absolute atomic E-state index is 9.64. The monoisotopic (exact) mass is 281 g/mol. The van der Waals surface area contributed by atoms with Gasteiger partial charge in [-0.15, -0.1) is 0 Å². The molecule has 116 valence electrons. The van der Waals surface area contributed by atoms with E-state index in [1.54, 1.807) is 0 Å². The molecule has 2 unspecified atom stereocenters. The fraction of sp³-hybridized carbons (Fsp3) is 1.00. The molecule has 2 atom stereocenters. The molecule has 0 radical (unpaired) electrons. The molecule has 3 nitrogen and oxygen atoms in total. The summed E-state index contributed by atoms with van der Waals surface area (Å²) in [7, 11) is 0. The second-order valence-electron chi connectivity index (χ2n) is 7.20. The van der Waals surface area contributed by atoms with Gasteiger partial charge in [-0.3, -0.25) is 0 Å². The molecule has 0 aromatic rings. The van der Waals surface area contributed by atoms with Crippen LogP contribution < -0.4 is 5.32 Å². The van der Waals surface area contributed by atoms with Gasteiger partial charge in [0.15, 0.2) is 0 Å². The molecule has 0 bridgehead atoms. The SMILES string of the molecule is CCOC1CC(NC2CCC(O)CC2)C12CCCCC2. The molecule has 0 aromatic carbocycles. The Kier molecular flexibility index (Phi) is 4.68. The third-order valence-electron chi connectivity index (χ3n) is 6.07. The highest BCUT2D eigenvalue weighted by Crippen LogP contribution is 2.53. The van der Waals surface area contributed by atoms with E-state index in [0.29, 0.717) is 23.6 Å². The Morgan fingerprint density at radius 1 is 1.10 bits per heavy atom. The van der Waals surface area contributed by atoms with Crippen molar-refractivity contribution in [2.45, 2.75) is 95.4 Å². The van der Waals surface area contributed by atoms with Gasteiger partial charge in [0.2, 0.25) is 0 Å². The maximum Gasteiger partial charge on any atom is 0.0661 e. The van der Waals surface area contributed by atoms with E-state index in [-0.39, 0.29) is 6.10 Å². The average molecular weight is 281 g/mol. The van der Waals surface area contributed by atoms with E-state index in [1.807, 2.05) is 0 Å². The topological polar surface area (TPSA) is 41.5 Å². The van der Waals surface area contributed by atoms with Gasteiger partial charge in [0.05, 0.1) is 12.2 Å². The van der Waals surface area contributed by atoms with Crippen LogP contribution in [-0.4, -0.2) is 36.0 Å². The summed E-state index contributed by atoms with van der Waals surface area (Å²) in [5.41, 5.74) is 0.435. The third-order valence-corrected chi connectivity index (χ3v) is 6.07. The van der Waals surface area contributed by atoms with Crippen molar-refractivity contribution in [3.63, 3.8) is 0 Å². The van der Waals surface area contributed by atoms with Crippen molar-refractivity contribution in [1.29, 1.82) is 0 Å². The molecule has 0 heterocycles. The van der Waals surface area contributed by atoms with Crippen LogP contribution >= 0.6 is 0 Å². The van der Waals surface area contributed by atoms with Crippen molar-refractivity contribution < 1.29 is 9.84 Å². The molecule has 0 saturated heterocycles. The van der Waals surface area contributed by atoms with E-state index in [2.05, 4.69) is 12.2 Å². The molecular formula is C17H31NO2. The van der Waals surface area contributed by atoms with Crippen LogP contribution in [0.4, 0.5) is 0 Å². The fourth-order valence-electron chi connectivity index (χ4n) is 4.82. The molecule has 0 aliphatic heterocycles. The Bertz CT molecular complexity index is 306. The maximum atomic E-state index is 9.64. The van der Waals surface area contributed by atoms with Crippen molar-refractivity contribution in [2.75, 3.05) is 6.61 Å². The molecule has 3 fully saturated rings. The summed E-state index contributed by atoms with van der Waals surface area (Å²) in [5.74, 6) is 0. The first-order valence-electron chi connectivity index (χ1n) is 8.80. The molecule has 20 heavy (non-hydrogen) atoms. The highest BCUT2D eigenvalue weighted by Gasteiger charge is 2.55. The molecule has 1 spiro atoms. The molecule has 3 aliphatic carbocycles. The van der Waals surface area contributed by atoms with Crippen LogP contribution in [0, 0.1) is 5.41 Å². The molecule has 0 amide bonds. The molecule has 3 rings (SSSR count). The number of hydrogen-bond donors (Lipinski definition) is 2. The highest BCUT2D eigenvalue weighted by atomic mass is 16.5. The number of aliphatic hydroxyl groups excluding tert-OH is 1. The first-order valence-corrected chi connectivity index (χ1v) is 8.80. The molecule has 3 heteroatoms. The normalized spacial score (nSPS) is 40.5. The zero-order chi connectivity index (χ0) is 14.0. The molecule has 2 N–H and O–H groups in total. The molecule has 0 aromatic heterocycles. The van der Waals surface area contributed by atoms with Crippen molar-refractivity contribution in [1.82, 2.24) is 5.32 Å². The second kappa shape index (κ2) is 6.33. The summed E-state index contributed by atoms with van der Waals surface area (Å²) in [4.78, 5) is 0. The summed E-state index contributed by atoms with van der Waals surface area (Å²) in [6, 6.07) is 1.30. The minimum absolute atomic E-state index is 0.0470. The first-order chi connectivity index (χ1) is 9.74. The molecule has 3 saturated carbocycles. The first kappa shape index (κ1) is 14.8. The third kappa shape index (κ3) is 2.77. The van der Waals surface area contributed by atoms with Crippen molar-refractivity contribution in [3.05, 3.63) is 0 Å². The zero-order valence-electron chi connectivity index (χ0n) is 12.9. The van der Waals surface area contributed by atoms with Crippen LogP contribution in [0.1, 0.15) is 71.1 Å². The van der Waals surface area contributed by atoms with Crippen LogP contribution in [0.15, 0.2) is 0 Å². The van der Waals surface area contributed by atoms with Crippen LogP contribution in [0.2, 0.25) is 0 Å². The Labute approximate surface area is 123 Å². The molecular weight excluding hydrogens is 250 g/mol. The van der Waals surface area contributed by atoms with Gasteiger partial charge in [0.1, 0.15) is 0 Å². The summed E-state index contributed by atoms with van der Waals surface area (Å²) < 4.78 is 6.03. The van der Waals surface area contributed by atoms with E-state index in [0.717, 1.165) is 32.3 Å². The Morgan fingerprint density at radius 2 is 1.80 bits per heavy atom. The number of hydrogen-bond acceptors (Lipinski definition) is 3.